The average Bonchev–Trinajstić information content (AvgIpc) is 2.41. The fraction of sp³-hybridized carbons (Fsp3) is 0.500. The minimum atomic E-state index is -0.304. The molecule has 1 aliphatic rings. The lowest BCUT2D eigenvalue weighted by Crippen LogP contribution is -2.45. The maximum absolute atomic E-state index is 11.8. The number of rotatable bonds is 4. The largest absolute Gasteiger partial charge is 0.461 e. The molecule has 2 N–H and O–H groups in total. The van der Waals surface area contributed by atoms with Gasteiger partial charge < -0.3 is 15.4 Å². The van der Waals surface area contributed by atoms with Gasteiger partial charge in [0.2, 0.25) is 0 Å². The van der Waals surface area contributed by atoms with Gasteiger partial charge in [0.1, 0.15) is 6.61 Å². The van der Waals surface area contributed by atoms with Crippen LogP contribution in [0.25, 0.3) is 0 Å². The van der Waals surface area contributed by atoms with Gasteiger partial charge in [0, 0.05) is 38.4 Å². The molecule has 0 saturated carbocycles. The molecule has 0 bridgehead atoms. The zero-order valence-corrected chi connectivity index (χ0v) is 11.3. The second kappa shape index (κ2) is 6.54. The van der Waals surface area contributed by atoms with Crippen LogP contribution in [0.2, 0.25) is 0 Å². The molecular formula is C14H21N3O2. The van der Waals surface area contributed by atoms with E-state index in [2.05, 4.69) is 16.8 Å². The molecule has 5 heteroatoms. The molecule has 1 aromatic rings. The third-order valence-corrected chi connectivity index (χ3v) is 3.36. The first-order valence-corrected chi connectivity index (χ1v) is 6.59. The summed E-state index contributed by atoms with van der Waals surface area (Å²) >= 11 is 0. The lowest BCUT2D eigenvalue weighted by atomic mass is 10.2. The number of piperazine rings is 1. The van der Waals surface area contributed by atoms with E-state index in [9.17, 15) is 4.79 Å². The molecule has 0 aliphatic carbocycles. The summed E-state index contributed by atoms with van der Waals surface area (Å²) < 4.78 is 5.26. The van der Waals surface area contributed by atoms with Gasteiger partial charge in [-0.3, -0.25) is 4.90 Å². The van der Waals surface area contributed by atoms with E-state index in [1.165, 1.54) is 0 Å². The van der Waals surface area contributed by atoms with Gasteiger partial charge in [0.25, 0.3) is 0 Å². The number of carbonyl (C=O) groups excluding carboxylic acids is 1. The number of likely N-dealkylation sites (N-methyl/N-ethyl adjacent to an activating group) is 1. The quantitative estimate of drug-likeness (QED) is 0.639. The minimum Gasteiger partial charge on any atom is -0.461 e. The van der Waals surface area contributed by atoms with E-state index in [4.69, 9.17) is 10.5 Å². The molecule has 1 saturated heterocycles. The topological polar surface area (TPSA) is 58.8 Å². The van der Waals surface area contributed by atoms with Gasteiger partial charge in [-0.2, -0.15) is 0 Å². The van der Waals surface area contributed by atoms with E-state index in [1.807, 2.05) is 0 Å². The van der Waals surface area contributed by atoms with Crippen LogP contribution in [0.1, 0.15) is 10.4 Å². The highest BCUT2D eigenvalue weighted by atomic mass is 16.5. The van der Waals surface area contributed by atoms with Crippen molar-refractivity contribution in [3.63, 3.8) is 0 Å². The van der Waals surface area contributed by atoms with Gasteiger partial charge in [-0.05, 0) is 25.2 Å². The van der Waals surface area contributed by atoms with Crippen LogP contribution in [0, 0.1) is 0 Å². The van der Waals surface area contributed by atoms with E-state index in [0.717, 1.165) is 32.7 Å². The van der Waals surface area contributed by atoms with E-state index in [-0.39, 0.29) is 5.97 Å². The summed E-state index contributed by atoms with van der Waals surface area (Å²) in [6.45, 7) is 5.43. The van der Waals surface area contributed by atoms with E-state index in [1.54, 1.807) is 24.3 Å². The predicted octanol–water partition coefficient (Wildman–Crippen LogP) is 0.673. The van der Waals surface area contributed by atoms with Crippen LogP contribution in [-0.2, 0) is 4.74 Å². The minimum absolute atomic E-state index is 0.304. The monoisotopic (exact) mass is 263 g/mol. The summed E-state index contributed by atoms with van der Waals surface area (Å²) in [6, 6.07) is 6.86. The maximum Gasteiger partial charge on any atom is 0.338 e. The first-order chi connectivity index (χ1) is 9.15. The Morgan fingerprint density at radius 3 is 2.74 bits per heavy atom. The number of nitrogens with zero attached hydrogens (tertiary/aromatic N) is 2. The molecule has 19 heavy (non-hydrogen) atoms. The highest BCUT2D eigenvalue weighted by molar-refractivity contribution is 5.90. The molecule has 104 valence electrons. The second-order valence-corrected chi connectivity index (χ2v) is 4.91. The van der Waals surface area contributed by atoms with Gasteiger partial charge >= 0.3 is 5.97 Å². The van der Waals surface area contributed by atoms with Crippen LogP contribution < -0.4 is 5.73 Å². The summed E-state index contributed by atoms with van der Waals surface area (Å²) in [5.41, 5.74) is 6.72. The number of ether oxygens (including phenoxy) is 1. The number of hydrogen-bond acceptors (Lipinski definition) is 5. The third-order valence-electron chi connectivity index (χ3n) is 3.36. The maximum atomic E-state index is 11.8. The molecule has 1 heterocycles. The van der Waals surface area contributed by atoms with Crippen LogP contribution in [0.4, 0.5) is 5.69 Å². The summed E-state index contributed by atoms with van der Waals surface area (Å²) in [4.78, 5) is 16.4. The van der Waals surface area contributed by atoms with Crippen LogP contribution in [0.3, 0.4) is 0 Å². The molecule has 0 unspecified atom stereocenters. The van der Waals surface area contributed by atoms with Crippen LogP contribution in [0.15, 0.2) is 24.3 Å². The first kappa shape index (κ1) is 13.8. The lowest BCUT2D eigenvalue weighted by molar-refractivity contribution is 0.0432. The predicted molar refractivity (Wildman–Crippen MR) is 75.1 cm³/mol. The van der Waals surface area contributed by atoms with Crippen molar-refractivity contribution in [2.75, 3.05) is 52.1 Å². The first-order valence-electron chi connectivity index (χ1n) is 6.59. The highest BCUT2D eigenvalue weighted by Crippen LogP contribution is 2.08. The van der Waals surface area contributed by atoms with E-state index >= 15 is 0 Å². The standard InChI is InChI=1S/C14H21N3O2/c1-16-5-7-17(8-6-16)9-10-19-14(18)12-3-2-4-13(15)11-12/h2-4,11H,5-10,15H2,1H3. The van der Waals surface area contributed by atoms with Crippen molar-refractivity contribution in [2.24, 2.45) is 0 Å². The summed E-state index contributed by atoms with van der Waals surface area (Å²) in [5.74, 6) is -0.304. The van der Waals surface area contributed by atoms with Crippen LogP contribution in [0.5, 0.6) is 0 Å². The Hall–Kier alpha value is -1.59. The van der Waals surface area contributed by atoms with Crippen LogP contribution >= 0.6 is 0 Å². The summed E-state index contributed by atoms with van der Waals surface area (Å²) in [6.07, 6.45) is 0. The highest BCUT2D eigenvalue weighted by Gasteiger charge is 2.14. The smallest absolute Gasteiger partial charge is 0.338 e. The number of anilines is 1. The number of carbonyl (C=O) groups is 1. The molecule has 1 aliphatic heterocycles. The summed E-state index contributed by atoms with van der Waals surface area (Å²) in [5, 5.41) is 0. The lowest BCUT2D eigenvalue weighted by Gasteiger charge is -2.32. The Morgan fingerprint density at radius 1 is 1.32 bits per heavy atom. The van der Waals surface area contributed by atoms with E-state index < -0.39 is 0 Å². The number of nitrogen functional groups attached to an aromatic ring is 1. The third kappa shape index (κ3) is 4.22. The number of benzene rings is 1. The summed E-state index contributed by atoms with van der Waals surface area (Å²) in [7, 11) is 2.12. The molecule has 0 amide bonds. The van der Waals surface area contributed by atoms with E-state index in [0.29, 0.717) is 17.9 Å². The number of esters is 1. The zero-order valence-electron chi connectivity index (χ0n) is 11.3. The van der Waals surface area contributed by atoms with Crippen molar-refractivity contribution in [1.82, 2.24) is 9.80 Å². The van der Waals surface area contributed by atoms with Gasteiger partial charge in [-0.1, -0.05) is 6.07 Å². The van der Waals surface area contributed by atoms with Crippen molar-refractivity contribution in [3.05, 3.63) is 29.8 Å². The Labute approximate surface area is 113 Å². The number of nitrogens with two attached hydrogens (primary N) is 1. The number of hydrogen-bond donors (Lipinski definition) is 1. The van der Waals surface area contributed by atoms with Gasteiger partial charge in [0.05, 0.1) is 5.56 Å². The fourth-order valence-corrected chi connectivity index (χ4v) is 2.09. The Balaban J connectivity index is 1.72. The van der Waals surface area contributed by atoms with Crippen molar-refractivity contribution in [1.29, 1.82) is 0 Å². The average molecular weight is 263 g/mol. The molecule has 0 aromatic heterocycles. The molecular weight excluding hydrogens is 242 g/mol. The Morgan fingerprint density at radius 2 is 2.05 bits per heavy atom. The SMILES string of the molecule is CN1CCN(CCOC(=O)c2cccc(N)c2)CC1. The van der Waals surface area contributed by atoms with Crippen molar-refractivity contribution in [3.8, 4) is 0 Å². The molecule has 5 nitrogen and oxygen atoms in total. The van der Waals surface area contributed by atoms with Gasteiger partial charge in [0.15, 0.2) is 0 Å². The molecule has 0 atom stereocenters. The fourth-order valence-electron chi connectivity index (χ4n) is 2.09. The molecule has 1 fully saturated rings. The Kier molecular flexibility index (Phi) is 4.76. The zero-order chi connectivity index (χ0) is 13.7. The van der Waals surface area contributed by atoms with Crippen molar-refractivity contribution >= 4 is 11.7 Å². The second-order valence-electron chi connectivity index (χ2n) is 4.91. The molecule has 1 aromatic carbocycles. The van der Waals surface area contributed by atoms with Gasteiger partial charge in [-0.15, -0.1) is 0 Å². The normalized spacial score (nSPS) is 17.3. The van der Waals surface area contributed by atoms with Crippen molar-refractivity contribution in [2.45, 2.75) is 0 Å². The Bertz CT molecular complexity index is 428. The van der Waals surface area contributed by atoms with Gasteiger partial charge in [-0.25, -0.2) is 4.79 Å². The molecule has 0 radical (unpaired) electrons. The van der Waals surface area contributed by atoms with Crippen molar-refractivity contribution < 1.29 is 9.53 Å². The molecule has 2 rings (SSSR count). The molecule has 0 spiro atoms. The van der Waals surface area contributed by atoms with Crippen LogP contribution in [-0.4, -0.2) is 62.1 Å².